The first kappa shape index (κ1) is 8.59. The van der Waals surface area contributed by atoms with Gasteiger partial charge in [-0.15, -0.1) is 0 Å². The summed E-state index contributed by atoms with van der Waals surface area (Å²) in [5, 5.41) is 0. The van der Waals surface area contributed by atoms with Gasteiger partial charge in [0.05, 0.1) is 0 Å². The normalized spacial score (nSPS) is 55.2. The van der Waals surface area contributed by atoms with E-state index < -0.39 is 0 Å². The molecule has 2 aliphatic carbocycles. The smallest absolute Gasteiger partial charge is 0.0264 e. The van der Waals surface area contributed by atoms with E-state index in [4.69, 9.17) is 0 Å². The van der Waals surface area contributed by atoms with Crippen molar-refractivity contribution < 1.29 is 0 Å². The average Bonchev–Trinajstić information content (AvgIpc) is 2.50. The van der Waals surface area contributed by atoms with Crippen LogP contribution in [-0.4, -0.2) is 0 Å². The molecule has 0 radical (unpaired) electrons. The van der Waals surface area contributed by atoms with Crippen molar-refractivity contribution in [2.24, 2.45) is 22.2 Å². The van der Waals surface area contributed by atoms with E-state index in [0.29, 0.717) is 16.2 Å². The van der Waals surface area contributed by atoms with E-state index in [0.717, 1.165) is 5.92 Å². The van der Waals surface area contributed by atoms with Crippen molar-refractivity contribution in [3.05, 3.63) is 0 Å². The molecule has 0 nitrogen and oxygen atoms in total. The van der Waals surface area contributed by atoms with Crippen LogP contribution in [0, 0.1) is 22.2 Å². The molecule has 2 saturated carbocycles. The Morgan fingerprint density at radius 2 is 1.58 bits per heavy atom. The fourth-order valence-corrected chi connectivity index (χ4v) is 3.01. The van der Waals surface area contributed by atoms with Gasteiger partial charge in [0, 0.05) is 0 Å². The maximum absolute atomic E-state index is 2.48. The predicted molar refractivity (Wildman–Crippen MR) is 53.0 cm³/mol. The second kappa shape index (κ2) is 1.91. The molecule has 0 N–H and O–H groups in total. The summed E-state index contributed by atoms with van der Waals surface area (Å²) < 4.78 is 0. The minimum Gasteiger partial charge on any atom is -0.0620 e. The SMILES string of the molecule is CC1CC1(C)CC1(C)CC1(C)C. The Hall–Kier alpha value is 0. The predicted octanol–water partition coefficient (Wildman–Crippen LogP) is 3.86. The van der Waals surface area contributed by atoms with Crippen LogP contribution in [0.5, 0.6) is 0 Å². The van der Waals surface area contributed by atoms with E-state index in [2.05, 4.69) is 34.6 Å². The molecule has 3 atom stereocenters. The molecule has 0 aliphatic heterocycles. The van der Waals surface area contributed by atoms with E-state index in [1.165, 1.54) is 19.3 Å². The van der Waals surface area contributed by atoms with Crippen molar-refractivity contribution in [3.63, 3.8) is 0 Å². The zero-order valence-corrected chi connectivity index (χ0v) is 9.20. The zero-order chi connectivity index (χ0) is 9.20. The average molecular weight is 166 g/mol. The Morgan fingerprint density at radius 1 is 1.17 bits per heavy atom. The molecule has 0 aromatic carbocycles. The van der Waals surface area contributed by atoms with E-state index >= 15 is 0 Å². The van der Waals surface area contributed by atoms with Gasteiger partial charge in [-0.25, -0.2) is 0 Å². The monoisotopic (exact) mass is 166 g/mol. The van der Waals surface area contributed by atoms with Gasteiger partial charge >= 0.3 is 0 Å². The van der Waals surface area contributed by atoms with Crippen LogP contribution in [0.25, 0.3) is 0 Å². The van der Waals surface area contributed by atoms with Crippen LogP contribution in [0.2, 0.25) is 0 Å². The van der Waals surface area contributed by atoms with Gasteiger partial charge in [0.15, 0.2) is 0 Å². The molecular formula is C12H22. The molecule has 0 heteroatoms. The van der Waals surface area contributed by atoms with E-state index in [1.54, 1.807) is 0 Å². The Bertz CT molecular complexity index is 216. The third-order valence-electron chi connectivity index (χ3n) is 4.94. The second-order valence-electron chi connectivity index (χ2n) is 6.56. The molecule has 3 unspecified atom stereocenters. The van der Waals surface area contributed by atoms with Gasteiger partial charge < -0.3 is 0 Å². The van der Waals surface area contributed by atoms with Gasteiger partial charge in [0.25, 0.3) is 0 Å². The summed E-state index contributed by atoms with van der Waals surface area (Å²) in [7, 11) is 0. The maximum Gasteiger partial charge on any atom is -0.0264 e. The zero-order valence-electron chi connectivity index (χ0n) is 9.20. The van der Waals surface area contributed by atoms with Gasteiger partial charge in [-0.05, 0) is 41.4 Å². The standard InChI is InChI=1S/C12H22/c1-9-6-11(9,4)8-12(5)7-10(12,2)3/h9H,6-8H2,1-5H3. The summed E-state index contributed by atoms with van der Waals surface area (Å²) in [5.41, 5.74) is 2.02. The van der Waals surface area contributed by atoms with Crippen LogP contribution in [0.15, 0.2) is 0 Å². The van der Waals surface area contributed by atoms with Crippen LogP contribution in [-0.2, 0) is 0 Å². The Kier molecular flexibility index (Phi) is 1.37. The fourth-order valence-electron chi connectivity index (χ4n) is 3.01. The van der Waals surface area contributed by atoms with Crippen molar-refractivity contribution in [2.75, 3.05) is 0 Å². The van der Waals surface area contributed by atoms with E-state index in [-0.39, 0.29) is 0 Å². The summed E-state index contributed by atoms with van der Waals surface area (Å²) in [6.07, 6.45) is 4.38. The lowest BCUT2D eigenvalue weighted by Gasteiger charge is -2.20. The maximum atomic E-state index is 2.48. The summed E-state index contributed by atoms with van der Waals surface area (Å²) in [6, 6.07) is 0. The molecule has 0 aromatic heterocycles. The fraction of sp³-hybridized carbons (Fsp3) is 1.00. The lowest BCUT2D eigenvalue weighted by molar-refractivity contribution is 0.300. The van der Waals surface area contributed by atoms with Crippen LogP contribution in [0.3, 0.4) is 0 Å². The Labute approximate surface area is 76.7 Å². The Morgan fingerprint density at radius 3 is 1.83 bits per heavy atom. The highest BCUT2D eigenvalue weighted by molar-refractivity contribution is 5.12. The van der Waals surface area contributed by atoms with Gasteiger partial charge in [-0.2, -0.15) is 0 Å². The van der Waals surface area contributed by atoms with Gasteiger partial charge in [0.1, 0.15) is 0 Å². The van der Waals surface area contributed by atoms with Crippen LogP contribution >= 0.6 is 0 Å². The highest BCUT2D eigenvalue weighted by atomic mass is 14.7. The van der Waals surface area contributed by atoms with Crippen molar-refractivity contribution in [3.8, 4) is 0 Å². The third-order valence-corrected chi connectivity index (χ3v) is 4.94. The van der Waals surface area contributed by atoms with Gasteiger partial charge in [0.2, 0.25) is 0 Å². The van der Waals surface area contributed by atoms with Gasteiger partial charge in [-0.1, -0.05) is 34.6 Å². The molecule has 12 heavy (non-hydrogen) atoms. The molecule has 0 heterocycles. The molecule has 0 bridgehead atoms. The lowest BCUT2D eigenvalue weighted by atomic mass is 9.85. The van der Waals surface area contributed by atoms with Crippen LogP contribution < -0.4 is 0 Å². The summed E-state index contributed by atoms with van der Waals surface area (Å²) in [5.74, 6) is 0.991. The largest absolute Gasteiger partial charge is 0.0620 e. The van der Waals surface area contributed by atoms with Gasteiger partial charge in [-0.3, -0.25) is 0 Å². The minimum atomic E-state index is 0.637. The lowest BCUT2D eigenvalue weighted by Crippen LogP contribution is -2.11. The summed E-state index contributed by atoms with van der Waals surface area (Å²) >= 11 is 0. The van der Waals surface area contributed by atoms with Crippen LogP contribution in [0.1, 0.15) is 53.9 Å². The molecule has 2 aliphatic rings. The molecule has 0 amide bonds. The molecule has 2 rings (SSSR count). The van der Waals surface area contributed by atoms with Crippen molar-refractivity contribution >= 4 is 0 Å². The van der Waals surface area contributed by atoms with Crippen molar-refractivity contribution in [2.45, 2.75) is 53.9 Å². The quantitative estimate of drug-likeness (QED) is 0.584. The second-order valence-corrected chi connectivity index (χ2v) is 6.56. The van der Waals surface area contributed by atoms with Crippen LogP contribution in [0.4, 0.5) is 0 Å². The summed E-state index contributed by atoms with van der Waals surface area (Å²) in [6.45, 7) is 12.2. The minimum absolute atomic E-state index is 0.637. The first-order valence-corrected chi connectivity index (χ1v) is 5.29. The molecule has 0 saturated heterocycles. The molecule has 70 valence electrons. The first-order valence-electron chi connectivity index (χ1n) is 5.29. The molecule has 0 aromatic rings. The highest BCUT2D eigenvalue weighted by Crippen LogP contribution is 2.71. The van der Waals surface area contributed by atoms with Crippen molar-refractivity contribution in [1.82, 2.24) is 0 Å². The molecule has 2 fully saturated rings. The molecule has 0 spiro atoms. The highest BCUT2D eigenvalue weighted by Gasteiger charge is 2.62. The third kappa shape index (κ3) is 1.03. The molecular weight excluding hydrogens is 144 g/mol. The topological polar surface area (TPSA) is 0 Å². The van der Waals surface area contributed by atoms with E-state index in [9.17, 15) is 0 Å². The number of hydrogen-bond donors (Lipinski definition) is 0. The Balaban J connectivity index is 1.98. The van der Waals surface area contributed by atoms with E-state index in [1.807, 2.05) is 0 Å². The number of hydrogen-bond acceptors (Lipinski definition) is 0. The van der Waals surface area contributed by atoms with Crippen molar-refractivity contribution in [1.29, 1.82) is 0 Å². The number of rotatable bonds is 2. The summed E-state index contributed by atoms with van der Waals surface area (Å²) in [4.78, 5) is 0. The first-order chi connectivity index (χ1) is 5.29.